The van der Waals surface area contributed by atoms with Gasteiger partial charge in [-0.25, -0.2) is 4.98 Å². The summed E-state index contributed by atoms with van der Waals surface area (Å²) >= 11 is 6.12. The standard InChI is InChI=1S/C11H17ClN4O/c1-2-13-11-14-6-9(12)10(15-11)16-5-3-4-8(16)7-17/h6,8,17H,2-5,7H2,1H3,(H,13,14,15). The molecule has 1 aliphatic heterocycles. The molecule has 0 amide bonds. The lowest BCUT2D eigenvalue weighted by atomic mass is 10.2. The van der Waals surface area contributed by atoms with Gasteiger partial charge in [0.1, 0.15) is 5.02 Å². The van der Waals surface area contributed by atoms with Crippen LogP contribution in [0.5, 0.6) is 0 Å². The number of hydrogen-bond acceptors (Lipinski definition) is 5. The number of nitrogens with one attached hydrogen (secondary N) is 1. The van der Waals surface area contributed by atoms with Crippen molar-refractivity contribution < 1.29 is 5.11 Å². The van der Waals surface area contributed by atoms with Gasteiger partial charge in [-0.3, -0.25) is 0 Å². The number of hydrogen-bond donors (Lipinski definition) is 2. The molecule has 0 spiro atoms. The molecule has 17 heavy (non-hydrogen) atoms. The van der Waals surface area contributed by atoms with Gasteiger partial charge in [-0.15, -0.1) is 0 Å². The summed E-state index contributed by atoms with van der Waals surface area (Å²) in [6.45, 7) is 3.78. The lowest BCUT2D eigenvalue weighted by Crippen LogP contribution is -2.33. The molecule has 2 N–H and O–H groups in total. The third-order valence-corrected chi connectivity index (χ3v) is 3.19. The van der Waals surface area contributed by atoms with Gasteiger partial charge in [0, 0.05) is 13.1 Å². The number of aliphatic hydroxyl groups is 1. The van der Waals surface area contributed by atoms with Crippen LogP contribution in [0.1, 0.15) is 19.8 Å². The van der Waals surface area contributed by atoms with Gasteiger partial charge in [-0.05, 0) is 19.8 Å². The third-order valence-electron chi connectivity index (χ3n) is 2.92. The number of rotatable bonds is 4. The fraction of sp³-hybridized carbons (Fsp3) is 0.636. The Kier molecular flexibility index (Phi) is 4.02. The van der Waals surface area contributed by atoms with E-state index < -0.39 is 0 Å². The Bertz CT molecular complexity index is 388. The summed E-state index contributed by atoms with van der Waals surface area (Å²) in [7, 11) is 0. The highest BCUT2D eigenvalue weighted by molar-refractivity contribution is 6.32. The van der Waals surface area contributed by atoms with Gasteiger partial charge >= 0.3 is 0 Å². The monoisotopic (exact) mass is 256 g/mol. The Morgan fingerprint density at radius 1 is 1.65 bits per heavy atom. The first-order chi connectivity index (χ1) is 8.26. The van der Waals surface area contributed by atoms with Crippen molar-refractivity contribution in [3.63, 3.8) is 0 Å². The Balaban J connectivity index is 2.26. The second-order valence-corrected chi connectivity index (χ2v) is 4.47. The van der Waals surface area contributed by atoms with Crippen molar-refractivity contribution in [1.82, 2.24) is 9.97 Å². The van der Waals surface area contributed by atoms with Crippen molar-refractivity contribution in [2.75, 3.05) is 29.9 Å². The fourth-order valence-corrected chi connectivity index (χ4v) is 2.31. The molecule has 2 rings (SSSR count). The van der Waals surface area contributed by atoms with E-state index in [2.05, 4.69) is 20.2 Å². The summed E-state index contributed by atoms with van der Waals surface area (Å²) in [5.74, 6) is 1.30. The first kappa shape index (κ1) is 12.4. The van der Waals surface area contributed by atoms with Crippen LogP contribution >= 0.6 is 11.6 Å². The SMILES string of the molecule is CCNc1ncc(Cl)c(N2CCCC2CO)n1. The molecule has 5 nitrogen and oxygen atoms in total. The minimum Gasteiger partial charge on any atom is -0.394 e. The minimum absolute atomic E-state index is 0.122. The largest absolute Gasteiger partial charge is 0.394 e. The zero-order chi connectivity index (χ0) is 12.3. The summed E-state index contributed by atoms with van der Waals surface area (Å²) in [6, 6.07) is 0.122. The van der Waals surface area contributed by atoms with Crippen LogP contribution in [0.4, 0.5) is 11.8 Å². The number of nitrogens with zero attached hydrogens (tertiary/aromatic N) is 3. The minimum atomic E-state index is 0.122. The number of aromatic nitrogens is 2. The van der Waals surface area contributed by atoms with Crippen LogP contribution in [-0.4, -0.2) is 40.8 Å². The maximum Gasteiger partial charge on any atom is 0.224 e. The molecule has 1 aromatic rings. The van der Waals surface area contributed by atoms with E-state index in [0.29, 0.717) is 16.8 Å². The molecule has 0 aromatic carbocycles. The molecule has 0 saturated carbocycles. The molecule has 1 aromatic heterocycles. The second kappa shape index (κ2) is 5.51. The zero-order valence-electron chi connectivity index (χ0n) is 9.86. The first-order valence-corrected chi connectivity index (χ1v) is 6.28. The van der Waals surface area contributed by atoms with E-state index in [4.69, 9.17) is 11.6 Å². The quantitative estimate of drug-likeness (QED) is 0.855. The summed E-state index contributed by atoms with van der Waals surface area (Å²) in [6.07, 6.45) is 3.64. The number of aliphatic hydroxyl groups excluding tert-OH is 1. The van der Waals surface area contributed by atoms with Crippen molar-refractivity contribution in [3.8, 4) is 0 Å². The average molecular weight is 257 g/mol. The van der Waals surface area contributed by atoms with Crippen LogP contribution in [0.25, 0.3) is 0 Å². The molecule has 1 saturated heterocycles. The maximum atomic E-state index is 9.32. The average Bonchev–Trinajstić information content (AvgIpc) is 2.80. The van der Waals surface area contributed by atoms with Gasteiger partial charge in [0.25, 0.3) is 0 Å². The molecule has 2 heterocycles. The molecule has 1 aliphatic rings. The van der Waals surface area contributed by atoms with Crippen LogP contribution in [0.15, 0.2) is 6.20 Å². The van der Waals surface area contributed by atoms with E-state index in [-0.39, 0.29) is 12.6 Å². The van der Waals surface area contributed by atoms with E-state index in [1.807, 2.05) is 6.92 Å². The Morgan fingerprint density at radius 3 is 3.18 bits per heavy atom. The zero-order valence-corrected chi connectivity index (χ0v) is 10.6. The fourth-order valence-electron chi connectivity index (χ4n) is 2.11. The van der Waals surface area contributed by atoms with Crippen LogP contribution in [0, 0.1) is 0 Å². The summed E-state index contributed by atoms with van der Waals surface area (Å²) in [5.41, 5.74) is 0. The Labute approximate surface area is 106 Å². The third kappa shape index (κ3) is 2.61. The van der Waals surface area contributed by atoms with E-state index in [0.717, 1.165) is 25.9 Å². The predicted molar refractivity (Wildman–Crippen MR) is 68.7 cm³/mol. The topological polar surface area (TPSA) is 61.3 Å². The lowest BCUT2D eigenvalue weighted by molar-refractivity contribution is 0.266. The smallest absolute Gasteiger partial charge is 0.224 e. The van der Waals surface area contributed by atoms with Crippen LogP contribution in [0.2, 0.25) is 5.02 Å². The molecule has 0 aliphatic carbocycles. The number of anilines is 2. The van der Waals surface area contributed by atoms with E-state index in [1.54, 1.807) is 6.20 Å². The highest BCUT2D eigenvalue weighted by Gasteiger charge is 2.26. The number of halogens is 1. The molecular weight excluding hydrogens is 240 g/mol. The van der Waals surface area contributed by atoms with E-state index >= 15 is 0 Å². The van der Waals surface area contributed by atoms with Gasteiger partial charge < -0.3 is 15.3 Å². The normalized spacial score (nSPS) is 19.7. The second-order valence-electron chi connectivity index (χ2n) is 4.07. The maximum absolute atomic E-state index is 9.32. The van der Waals surface area contributed by atoms with Gasteiger partial charge in [0.05, 0.1) is 18.8 Å². The molecule has 0 bridgehead atoms. The van der Waals surface area contributed by atoms with E-state index in [1.165, 1.54) is 0 Å². The predicted octanol–water partition coefficient (Wildman–Crippen LogP) is 1.52. The van der Waals surface area contributed by atoms with Crippen molar-refractivity contribution >= 4 is 23.4 Å². The summed E-state index contributed by atoms with van der Waals surface area (Å²) < 4.78 is 0. The first-order valence-electron chi connectivity index (χ1n) is 5.90. The summed E-state index contributed by atoms with van der Waals surface area (Å²) in [5, 5.41) is 12.9. The molecule has 1 atom stereocenters. The van der Waals surface area contributed by atoms with Crippen LogP contribution in [-0.2, 0) is 0 Å². The highest BCUT2D eigenvalue weighted by Crippen LogP contribution is 2.30. The molecule has 1 fully saturated rings. The van der Waals surface area contributed by atoms with Gasteiger partial charge in [-0.2, -0.15) is 4.98 Å². The van der Waals surface area contributed by atoms with Gasteiger partial charge in [0.15, 0.2) is 5.82 Å². The Morgan fingerprint density at radius 2 is 2.47 bits per heavy atom. The van der Waals surface area contributed by atoms with Crippen LogP contribution < -0.4 is 10.2 Å². The summed E-state index contributed by atoms with van der Waals surface area (Å²) in [4.78, 5) is 10.6. The molecular formula is C11H17ClN4O. The van der Waals surface area contributed by atoms with Gasteiger partial charge in [-0.1, -0.05) is 11.6 Å². The molecule has 6 heteroatoms. The van der Waals surface area contributed by atoms with Gasteiger partial charge in [0.2, 0.25) is 5.95 Å². The van der Waals surface area contributed by atoms with Crippen molar-refractivity contribution in [2.24, 2.45) is 0 Å². The Hall–Kier alpha value is -1.07. The highest BCUT2D eigenvalue weighted by atomic mass is 35.5. The molecule has 1 unspecified atom stereocenters. The van der Waals surface area contributed by atoms with Crippen molar-refractivity contribution in [2.45, 2.75) is 25.8 Å². The molecule has 0 radical (unpaired) electrons. The van der Waals surface area contributed by atoms with Crippen LogP contribution in [0.3, 0.4) is 0 Å². The van der Waals surface area contributed by atoms with Crippen molar-refractivity contribution in [1.29, 1.82) is 0 Å². The lowest BCUT2D eigenvalue weighted by Gasteiger charge is -2.25. The molecule has 94 valence electrons. The van der Waals surface area contributed by atoms with E-state index in [9.17, 15) is 5.11 Å². The van der Waals surface area contributed by atoms with Crippen molar-refractivity contribution in [3.05, 3.63) is 11.2 Å².